The molecule has 2 rings (SSSR count). The highest BCUT2D eigenvalue weighted by molar-refractivity contribution is 6.02. The van der Waals surface area contributed by atoms with Gasteiger partial charge in [-0.05, 0) is 35.8 Å². The van der Waals surface area contributed by atoms with Gasteiger partial charge in [0.1, 0.15) is 11.5 Å². The second-order valence-electron chi connectivity index (χ2n) is 5.83. The lowest BCUT2D eigenvalue weighted by atomic mass is 10.1. The molecule has 0 heterocycles. The lowest BCUT2D eigenvalue weighted by molar-refractivity contribution is -0.308. The molecule has 2 N–H and O–H groups in total. The maximum absolute atomic E-state index is 13.0. The lowest BCUT2D eigenvalue weighted by Gasteiger charge is -2.21. The first-order valence-electron chi connectivity index (χ1n) is 8.15. The van der Waals surface area contributed by atoms with Crippen molar-refractivity contribution in [2.75, 3.05) is 0 Å². The van der Waals surface area contributed by atoms with Crippen LogP contribution in [0.2, 0.25) is 0 Å². The van der Waals surface area contributed by atoms with Crippen LogP contribution in [0, 0.1) is 5.82 Å². The Morgan fingerprint density at radius 2 is 1.70 bits per heavy atom. The number of amides is 2. The van der Waals surface area contributed by atoms with Crippen molar-refractivity contribution in [3.05, 3.63) is 77.2 Å². The summed E-state index contributed by atoms with van der Waals surface area (Å²) >= 11 is 0. The minimum atomic E-state index is -1.45. The summed E-state index contributed by atoms with van der Waals surface area (Å²) in [5.74, 6) is -3.19. The molecule has 7 heteroatoms. The van der Waals surface area contributed by atoms with E-state index in [1.165, 1.54) is 37.3 Å². The number of hydrogen-bond donors (Lipinski definition) is 2. The molecule has 0 saturated carbocycles. The van der Waals surface area contributed by atoms with E-state index in [9.17, 15) is 23.9 Å². The van der Waals surface area contributed by atoms with Gasteiger partial charge in [-0.3, -0.25) is 9.59 Å². The zero-order valence-electron chi connectivity index (χ0n) is 14.6. The van der Waals surface area contributed by atoms with Crippen LogP contribution in [-0.2, 0) is 20.8 Å². The van der Waals surface area contributed by atoms with Gasteiger partial charge in [0.05, 0.1) is 12.0 Å². The topological polar surface area (TPSA) is 98.3 Å². The van der Waals surface area contributed by atoms with Crippen LogP contribution in [0.1, 0.15) is 18.1 Å². The van der Waals surface area contributed by atoms with Crippen molar-refractivity contribution < 1.29 is 23.9 Å². The molecular formula is C20H18FN2O4-. The molecule has 0 radical (unpaired) electrons. The SMILES string of the molecule is CC(=O)N/C(=C/c1ccc(F)cc1)C(=O)N[C@H](Cc1ccccc1)C(=O)[O-]. The van der Waals surface area contributed by atoms with Crippen LogP contribution >= 0.6 is 0 Å². The number of rotatable bonds is 7. The van der Waals surface area contributed by atoms with Crippen LogP contribution < -0.4 is 15.7 Å². The molecule has 140 valence electrons. The standard InChI is InChI=1S/C20H19FN2O4/c1-13(24)22-17(11-15-7-9-16(21)10-8-15)19(25)23-18(20(26)27)12-14-5-3-2-4-6-14/h2-11,18H,12H2,1H3,(H,22,24)(H,23,25)(H,26,27)/p-1/b17-11+/t18-/m1/s1. The van der Waals surface area contributed by atoms with Crippen molar-refractivity contribution in [2.24, 2.45) is 0 Å². The monoisotopic (exact) mass is 369 g/mol. The van der Waals surface area contributed by atoms with Crippen molar-refractivity contribution in [2.45, 2.75) is 19.4 Å². The Balaban J connectivity index is 2.21. The van der Waals surface area contributed by atoms with Gasteiger partial charge in [-0.2, -0.15) is 0 Å². The van der Waals surface area contributed by atoms with E-state index in [1.54, 1.807) is 30.3 Å². The van der Waals surface area contributed by atoms with Crippen LogP contribution in [0.15, 0.2) is 60.3 Å². The molecular weight excluding hydrogens is 351 g/mol. The van der Waals surface area contributed by atoms with Crippen molar-refractivity contribution in [3.8, 4) is 0 Å². The Hall–Kier alpha value is -3.48. The third kappa shape index (κ3) is 6.39. The molecule has 1 atom stereocenters. The van der Waals surface area contributed by atoms with Crippen LogP contribution in [0.25, 0.3) is 6.08 Å². The van der Waals surface area contributed by atoms with E-state index in [0.29, 0.717) is 11.1 Å². The Kier molecular flexibility index (Phi) is 6.82. The van der Waals surface area contributed by atoms with Gasteiger partial charge in [-0.1, -0.05) is 42.5 Å². The first-order valence-corrected chi connectivity index (χ1v) is 8.15. The first kappa shape index (κ1) is 19.8. The number of carboxylic acid groups (broad SMARTS) is 1. The smallest absolute Gasteiger partial charge is 0.268 e. The molecule has 2 aromatic carbocycles. The van der Waals surface area contributed by atoms with Crippen molar-refractivity contribution in [1.82, 2.24) is 10.6 Å². The average Bonchev–Trinajstić information content (AvgIpc) is 2.62. The summed E-state index contributed by atoms with van der Waals surface area (Å²) in [6.07, 6.45) is 1.35. The minimum Gasteiger partial charge on any atom is -0.548 e. The fourth-order valence-corrected chi connectivity index (χ4v) is 2.35. The van der Waals surface area contributed by atoms with Gasteiger partial charge in [-0.15, -0.1) is 0 Å². The maximum atomic E-state index is 13.0. The normalized spacial score (nSPS) is 12.1. The molecule has 0 saturated heterocycles. The Labute approximate surface area is 155 Å². The van der Waals surface area contributed by atoms with Gasteiger partial charge < -0.3 is 20.5 Å². The van der Waals surface area contributed by atoms with E-state index in [1.807, 2.05) is 0 Å². The summed E-state index contributed by atoms with van der Waals surface area (Å²) in [7, 11) is 0. The first-order chi connectivity index (χ1) is 12.8. The fraction of sp³-hybridized carbons (Fsp3) is 0.150. The summed E-state index contributed by atoms with van der Waals surface area (Å²) in [5, 5.41) is 16.1. The highest BCUT2D eigenvalue weighted by Gasteiger charge is 2.18. The summed E-state index contributed by atoms with van der Waals surface area (Å²) in [6, 6.07) is 12.7. The Bertz CT molecular complexity index is 848. The van der Waals surface area contributed by atoms with Crippen LogP contribution in [-0.4, -0.2) is 23.8 Å². The number of carboxylic acids is 1. The zero-order chi connectivity index (χ0) is 19.8. The average molecular weight is 369 g/mol. The second kappa shape index (κ2) is 9.28. The maximum Gasteiger partial charge on any atom is 0.268 e. The number of carbonyl (C=O) groups excluding carboxylic acids is 3. The number of nitrogens with one attached hydrogen (secondary N) is 2. The van der Waals surface area contributed by atoms with Crippen molar-refractivity contribution >= 4 is 23.9 Å². The molecule has 0 aliphatic heterocycles. The van der Waals surface area contributed by atoms with E-state index in [0.717, 1.165) is 0 Å². The largest absolute Gasteiger partial charge is 0.548 e. The predicted octanol–water partition coefficient (Wildman–Crippen LogP) is 0.780. The van der Waals surface area contributed by atoms with Crippen LogP contribution in [0.5, 0.6) is 0 Å². The van der Waals surface area contributed by atoms with Crippen LogP contribution in [0.4, 0.5) is 4.39 Å². The van der Waals surface area contributed by atoms with E-state index in [4.69, 9.17) is 0 Å². The molecule has 0 aliphatic carbocycles. The molecule has 2 amide bonds. The predicted molar refractivity (Wildman–Crippen MR) is 95.3 cm³/mol. The summed E-state index contributed by atoms with van der Waals surface area (Å²) in [6.45, 7) is 1.21. The lowest BCUT2D eigenvalue weighted by Crippen LogP contribution is -2.50. The third-order valence-corrected chi connectivity index (χ3v) is 3.61. The number of benzene rings is 2. The van der Waals surface area contributed by atoms with E-state index >= 15 is 0 Å². The van der Waals surface area contributed by atoms with Gasteiger partial charge >= 0.3 is 0 Å². The zero-order valence-corrected chi connectivity index (χ0v) is 14.6. The van der Waals surface area contributed by atoms with Crippen LogP contribution in [0.3, 0.4) is 0 Å². The highest BCUT2D eigenvalue weighted by Crippen LogP contribution is 2.09. The van der Waals surface area contributed by atoms with Gasteiger partial charge in [0, 0.05) is 6.92 Å². The number of carbonyl (C=O) groups is 3. The highest BCUT2D eigenvalue weighted by atomic mass is 19.1. The number of aliphatic carboxylic acids is 1. The number of halogens is 1. The number of hydrogen-bond acceptors (Lipinski definition) is 4. The Morgan fingerprint density at radius 3 is 2.26 bits per heavy atom. The Morgan fingerprint density at radius 1 is 1.07 bits per heavy atom. The summed E-state index contributed by atoms with van der Waals surface area (Å²) < 4.78 is 13.0. The molecule has 6 nitrogen and oxygen atoms in total. The van der Waals surface area contributed by atoms with E-state index in [2.05, 4.69) is 10.6 Å². The molecule has 0 unspecified atom stereocenters. The van der Waals surface area contributed by atoms with Gasteiger partial charge in [0.25, 0.3) is 5.91 Å². The molecule has 0 aliphatic rings. The molecule has 0 spiro atoms. The summed E-state index contributed by atoms with van der Waals surface area (Å²) in [4.78, 5) is 35.3. The molecule has 0 aromatic heterocycles. The van der Waals surface area contributed by atoms with Gasteiger partial charge in [0.2, 0.25) is 5.91 Å². The molecule has 27 heavy (non-hydrogen) atoms. The van der Waals surface area contributed by atoms with Gasteiger partial charge in [-0.25, -0.2) is 4.39 Å². The minimum absolute atomic E-state index is 0.0266. The van der Waals surface area contributed by atoms with Gasteiger partial charge in [0.15, 0.2) is 0 Å². The fourth-order valence-electron chi connectivity index (χ4n) is 2.35. The van der Waals surface area contributed by atoms with Crippen molar-refractivity contribution in [3.63, 3.8) is 0 Å². The molecule has 0 fully saturated rings. The summed E-state index contributed by atoms with van der Waals surface area (Å²) in [5.41, 5.74) is 1.01. The van der Waals surface area contributed by atoms with E-state index < -0.39 is 29.6 Å². The quantitative estimate of drug-likeness (QED) is 0.705. The second-order valence-corrected chi connectivity index (χ2v) is 5.83. The third-order valence-electron chi connectivity index (χ3n) is 3.61. The molecule has 2 aromatic rings. The van der Waals surface area contributed by atoms with Crippen molar-refractivity contribution in [1.29, 1.82) is 0 Å². The molecule has 0 bridgehead atoms. The van der Waals surface area contributed by atoms with E-state index in [-0.39, 0.29) is 12.1 Å².